The molecule has 9 nitrogen and oxygen atoms in total. The molecule has 39 heavy (non-hydrogen) atoms. The highest BCUT2D eigenvalue weighted by Crippen LogP contribution is 2.49. The third-order valence-electron chi connectivity index (χ3n) is 9.40. The summed E-state index contributed by atoms with van der Waals surface area (Å²) in [5.41, 5.74) is -0.288. The van der Waals surface area contributed by atoms with E-state index in [9.17, 15) is 24.8 Å². The van der Waals surface area contributed by atoms with Crippen molar-refractivity contribution in [1.29, 1.82) is 5.26 Å². The number of benzene rings is 1. The van der Waals surface area contributed by atoms with Crippen LogP contribution in [0.5, 0.6) is 11.5 Å². The average molecular weight is 540 g/mol. The van der Waals surface area contributed by atoms with Gasteiger partial charge in [0.05, 0.1) is 35.7 Å². The molecule has 0 aromatic heterocycles. The average Bonchev–Trinajstić information content (AvgIpc) is 3.51. The number of rotatable bonds is 9. The minimum atomic E-state index is -0.812. The van der Waals surface area contributed by atoms with Crippen molar-refractivity contribution in [3.8, 4) is 17.6 Å². The third-order valence-corrected chi connectivity index (χ3v) is 9.40. The highest BCUT2D eigenvalue weighted by atomic mass is 16.5. The van der Waals surface area contributed by atoms with Crippen molar-refractivity contribution in [3.63, 3.8) is 0 Å². The lowest BCUT2D eigenvalue weighted by molar-refractivity contribution is -0.150. The van der Waals surface area contributed by atoms with Crippen LogP contribution in [0.25, 0.3) is 0 Å². The van der Waals surface area contributed by atoms with Gasteiger partial charge < -0.3 is 25.2 Å². The van der Waals surface area contributed by atoms with Gasteiger partial charge in [-0.05, 0) is 82.6 Å². The smallest absolute Gasteiger partial charge is 0.309 e. The number of amides is 2. The van der Waals surface area contributed by atoms with Gasteiger partial charge in [0.2, 0.25) is 5.91 Å². The van der Waals surface area contributed by atoms with Crippen molar-refractivity contribution in [2.45, 2.75) is 90.8 Å². The van der Waals surface area contributed by atoms with Gasteiger partial charge in [0.1, 0.15) is 17.6 Å². The van der Waals surface area contributed by atoms with Crippen LogP contribution in [0.2, 0.25) is 0 Å². The number of carboxylic acid groups (broad SMARTS) is 1. The van der Waals surface area contributed by atoms with E-state index in [0.717, 1.165) is 19.3 Å². The Hall–Kier alpha value is -3.28. The van der Waals surface area contributed by atoms with Gasteiger partial charge >= 0.3 is 5.97 Å². The predicted molar refractivity (Wildman–Crippen MR) is 144 cm³/mol. The molecule has 3 aliphatic rings. The molecule has 0 unspecified atom stereocenters. The van der Waals surface area contributed by atoms with Gasteiger partial charge in [-0.25, -0.2) is 0 Å². The minimum absolute atomic E-state index is 0.00447. The number of aliphatic carboxylic acids is 1. The number of nitriles is 1. The second kappa shape index (κ2) is 11.4. The van der Waals surface area contributed by atoms with Gasteiger partial charge in [0.15, 0.2) is 0 Å². The topological polar surface area (TPSA) is 138 Å². The van der Waals surface area contributed by atoms with Gasteiger partial charge in [-0.3, -0.25) is 14.4 Å². The first-order chi connectivity index (χ1) is 18.5. The maximum atomic E-state index is 13.6. The summed E-state index contributed by atoms with van der Waals surface area (Å²) in [4.78, 5) is 38.5. The number of carboxylic acids is 1. The van der Waals surface area contributed by atoms with Crippen LogP contribution in [-0.2, 0) is 9.59 Å². The molecule has 3 saturated carbocycles. The van der Waals surface area contributed by atoms with Crippen LogP contribution in [0.4, 0.5) is 0 Å². The third kappa shape index (κ3) is 5.85. The summed E-state index contributed by atoms with van der Waals surface area (Å²) in [6.07, 6.45) is 4.67. The van der Waals surface area contributed by atoms with Crippen molar-refractivity contribution in [1.82, 2.24) is 10.6 Å². The zero-order chi connectivity index (χ0) is 28.5. The van der Waals surface area contributed by atoms with Gasteiger partial charge in [-0.2, -0.15) is 5.26 Å². The molecule has 2 bridgehead atoms. The Bertz CT molecular complexity index is 1150. The molecule has 5 atom stereocenters. The van der Waals surface area contributed by atoms with Crippen LogP contribution in [0.3, 0.4) is 0 Å². The lowest BCUT2D eigenvalue weighted by Crippen LogP contribution is -2.51. The predicted octanol–water partition coefficient (Wildman–Crippen LogP) is 4.28. The number of carbonyl (C=O) groups excluding carboxylic acids is 2. The summed E-state index contributed by atoms with van der Waals surface area (Å²) >= 11 is 0. The summed E-state index contributed by atoms with van der Waals surface area (Å²) in [7, 11) is 1.45. The van der Waals surface area contributed by atoms with Crippen LogP contribution < -0.4 is 20.1 Å². The number of nitrogens with zero attached hydrogens (tertiary/aromatic N) is 1. The monoisotopic (exact) mass is 539 g/mol. The highest BCUT2D eigenvalue weighted by molar-refractivity contribution is 5.98. The second-order valence-corrected chi connectivity index (χ2v) is 12.2. The molecule has 0 spiro atoms. The molecule has 1 aromatic rings. The molecule has 3 N–H and O–H groups in total. The van der Waals surface area contributed by atoms with Crippen LogP contribution in [0.1, 0.15) is 88.6 Å². The van der Waals surface area contributed by atoms with E-state index < -0.39 is 11.4 Å². The summed E-state index contributed by atoms with van der Waals surface area (Å²) in [6.45, 7) is 7.88. The Morgan fingerprint density at radius 2 is 1.74 bits per heavy atom. The maximum absolute atomic E-state index is 13.6. The normalized spacial score (nSPS) is 30.3. The maximum Gasteiger partial charge on any atom is 0.309 e. The first-order valence-electron chi connectivity index (χ1n) is 14.1. The summed E-state index contributed by atoms with van der Waals surface area (Å²) in [5.74, 6) is -0.113. The fourth-order valence-electron chi connectivity index (χ4n) is 6.42. The van der Waals surface area contributed by atoms with Gasteiger partial charge in [-0.1, -0.05) is 13.8 Å². The van der Waals surface area contributed by atoms with Crippen LogP contribution in [0, 0.1) is 40.4 Å². The lowest BCUT2D eigenvalue weighted by Gasteiger charge is -2.34. The van der Waals surface area contributed by atoms with E-state index in [4.69, 9.17) is 9.47 Å². The first kappa shape index (κ1) is 28.7. The van der Waals surface area contributed by atoms with Gasteiger partial charge in [0.25, 0.3) is 5.91 Å². The Morgan fingerprint density at radius 1 is 1.08 bits per heavy atom. The van der Waals surface area contributed by atoms with Gasteiger partial charge in [-0.15, -0.1) is 0 Å². The lowest BCUT2D eigenvalue weighted by atomic mass is 9.75. The van der Waals surface area contributed by atoms with Crippen molar-refractivity contribution in [2.75, 3.05) is 7.11 Å². The molecular weight excluding hydrogens is 498 g/mol. The molecule has 3 aliphatic carbocycles. The number of hydrogen-bond donors (Lipinski definition) is 3. The number of ether oxygens (including phenoxy) is 2. The Kier molecular flexibility index (Phi) is 8.43. The van der Waals surface area contributed by atoms with Crippen molar-refractivity contribution >= 4 is 17.8 Å². The molecule has 0 heterocycles. The molecule has 2 amide bonds. The fraction of sp³-hybridized carbons (Fsp3) is 0.667. The Balaban J connectivity index is 1.53. The molecule has 3 fully saturated rings. The minimum Gasteiger partial charge on any atom is -0.496 e. The summed E-state index contributed by atoms with van der Waals surface area (Å²) < 4.78 is 11.6. The van der Waals surface area contributed by atoms with E-state index in [-0.39, 0.29) is 70.4 Å². The first-order valence-corrected chi connectivity index (χ1v) is 14.1. The van der Waals surface area contributed by atoms with Crippen molar-refractivity contribution in [3.05, 3.63) is 23.3 Å². The number of fused-ring (bicyclic) bond motifs is 2. The summed E-state index contributed by atoms with van der Waals surface area (Å²) in [5, 5.41) is 25.6. The molecular formula is C30H41N3O6. The van der Waals surface area contributed by atoms with E-state index in [0.29, 0.717) is 31.6 Å². The van der Waals surface area contributed by atoms with Crippen molar-refractivity contribution in [2.24, 2.45) is 29.1 Å². The molecule has 9 heteroatoms. The largest absolute Gasteiger partial charge is 0.496 e. The zero-order valence-corrected chi connectivity index (χ0v) is 23.6. The molecule has 0 aliphatic heterocycles. The molecule has 0 radical (unpaired) electrons. The number of nitrogens with one attached hydrogen (secondary N) is 2. The molecule has 1 aromatic carbocycles. The SMILES string of the molecule is COc1cc(C#N)c(OC2CCC(C)(C(=O)O)CC2)cc1C(=O)N[C@@H]1[C@H]2CC[C@H](C2)[C@@H]1C(=O)N[C@@H](C)C(C)C. The Morgan fingerprint density at radius 3 is 2.33 bits per heavy atom. The number of methoxy groups -OCH3 is 1. The van der Waals surface area contributed by atoms with E-state index in [1.807, 2.05) is 6.92 Å². The molecule has 4 rings (SSSR count). The van der Waals surface area contributed by atoms with E-state index in [2.05, 4.69) is 30.6 Å². The zero-order valence-electron chi connectivity index (χ0n) is 23.6. The van der Waals surface area contributed by atoms with Crippen LogP contribution >= 0.6 is 0 Å². The fourth-order valence-corrected chi connectivity index (χ4v) is 6.42. The van der Waals surface area contributed by atoms with Crippen LogP contribution in [0.15, 0.2) is 12.1 Å². The van der Waals surface area contributed by atoms with E-state index in [1.165, 1.54) is 13.2 Å². The van der Waals surface area contributed by atoms with E-state index in [1.54, 1.807) is 13.0 Å². The quantitative estimate of drug-likeness (QED) is 0.426. The highest BCUT2D eigenvalue weighted by Gasteiger charge is 2.51. The number of hydrogen-bond acceptors (Lipinski definition) is 6. The van der Waals surface area contributed by atoms with Gasteiger partial charge in [0, 0.05) is 18.2 Å². The molecule has 212 valence electrons. The second-order valence-electron chi connectivity index (χ2n) is 12.2. The summed E-state index contributed by atoms with van der Waals surface area (Å²) in [6, 6.07) is 4.94. The van der Waals surface area contributed by atoms with Crippen molar-refractivity contribution < 1.29 is 29.0 Å². The molecule has 0 saturated heterocycles. The number of carbonyl (C=O) groups is 3. The standard InChI is InChI=1S/C30H41N3O6/c1-16(2)17(3)32-28(35)25-18-6-7-19(12-18)26(25)33-27(34)22-14-23(20(15-31)13-24(22)38-5)39-21-8-10-30(4,11-9-21)29(36)37/h13-14,16-19,21,25-26H,6-12H2,1-5H3,(H,32,35)(H,33,34)(H,36,37)/t17-,18+,19-,21?,25-,26+,30?/m0/s1. The van der Waals surface area contributed by atoms with E-state index >= 15 is 0 Å². The Labute approximate surface area is 230 Å². The van der Waals surface area contributed by atoms with Crippen LogP contribution in [-0.4, -0.2) is 48.2 Å².